The number of amides is 1. The molecular weight excluding hydrogens is 244 g/mol. The van der Waals surface area contributed by atoms with E-state index in [0.29, 0.717) is 19.5 Å². The molecule has 2 N–H and O–H groups in total. The van der Waals surface area contributed by atoms with Gasteiger partial charge in [-0.1, -0.05) is 13.0 Å². The van der Waals surface area contributed by atoms with Crippen LogP contribution in [0.1, 0.15) is 29.3 Å². The van der Waals surface area contributed by atoms with Crippen molar-refractivity contribution in [2.45, 2.75) is 19.8 Å². The first-order valence-electron chi connectivity index (χ1n) is 6.50. The van der Waals surface area contributed by atoms with Gasteiger partial charge in [0, 0.05) is 25.2 Å². The Morgan fingerprint density at radius 2 is 2.21 bits per heavy atom. The number of nitrogens with one attached hydrogen (secondary N) is 1. The smallest absolute Gasteiger partial charge is 0.335 e. The summed E-state index contributed by atoms with van der Waals surface area (Å²) in [4.78, 5) is 24.8. The molecule has 5 nitrogen and oxygen atoms in total. The fraction of sp³-hybridized carbons (Fsp3) is 0.429. The van der Waals surface area contributed by atoms with Crippen molar-refractivity contribution < 1.29 is 14.7 Å². The van der Waals surface area contributed by atoms with E-state index in [2.05, 4.69) is 5.32 Å². The van der Waals surface area contributed by atoms with Crippen LogP contribution in [0.25, 0.3) is 0 Å². The SMILES string of the molecule is CCNCCC(=O)N1CCc2ccc(C(=O)O)cc21. The Morgan fingerprint density at radius 3 is 2.89 bits per heavy atom. The third kappa shape index (κ3) is 2.93. The van der Waals surface area contributed by atoms with Gasteiger partial charge in [-0.2, -0.15) is 0 Å². The fourth-order valence-corrected chi connectivity index (χ4v) is 2.28. The van der Waals surface area contributed by atoms with E-state index < -0.39 is 5.97 Å². The zero-order valence-electron chi connectivity index (χ0n) is 11.0. The molecule has 1 aliphatic heterocycles. The number of hydrogen-bond acceptors (Lipinski definition) is 3. The summed E-state index contributed by atoms with van der Waals surface area (Å²) in [5, 5.41) is 12.1. The van der Waals surface area contributed by atoms with Gasteiger partial charge in [0.25, 0.3) is 0 Å². The summed E-state index contributed by atoms with van der Waals surface area (Å²) in [7, 11) is 0. The van der Waals surface area contributed by atoms with Crippen LogP contribution in [0.15, 0.2) is 18.2 Å². The maximum atomic E-state index is 12.1. The van der Waals surface area contributed by atoms with Crippen molar-refractivity contribution in [3.8, 4) is 0 Å². The molecule has 0 saturated heterocycles. The van der Waals surface area contributed by atoms with E-state index in [1.807, 2.05) is 6.92 Å². The number of carboxylic acid groups (broad SMARTS) is 1. The van der Waals surface area contributed by atoms with Gasteiger partial charge in [-0.3, -0.25) is 4.79 Å². The average Bonchev–Trinajstić information content (AvgIpc) is 2.81. The number of benzene rings is 1. The van der Waals surface area contributed by atoms with Crippen molar-refractivity contribution in [3.05, 3.63) is 29.3 Å². The van der Waals surface area contributed by atoms with Crippen LogP contribution in [-0.4, -0.2) is 36.6 Å². The Morgan fingerprint density at radius 1 is 1.42 bits per heavy atom. The number of aromatic carboxylic acids is 1. The monoisotopic (exact) mass is 262 g/mol. The Hall–Kier alpha value is -1.88. The highest BCUT2D eigenvalue weighted by molar-refractivity contribution is 5.97. The van der Waals surface area contributed by atoms with Crippen molar-refractivity contribution in [3.63, 3.8) is 0 Å². The van der Waals surface area contributed by atoms with Gasteiger partial charge in [-0.05, 0) is 30.7 Å². The number of fused-ring (bicyclic) bond motifs is 1. The lowest BCUT2D eigenvalue weighted by Gasteiger charge is -2.17. The maximum absolute atomic E-state index is 12.1. The highest BCUT2D eigenvalue weighted by Gasteiger charge is 2.25. The van der Waals surface area contributed by atoms with Crippen LogP contribution in [0.4, 0.5) is 5.69 Å². The minimum atomic E-state index is -0.963. The molecule has 0 aliphatic carbocycles. The van der Waals surface area contributed by atoms with Crippen molar-refractivity contribution in [1.29, 1.82) is 0 Å². The Bertz CT molecular complexity index is 499. The van der Waals surface area contributed by atoms with E-state index in [0.717, 1.165) is 24.2 Å². The summed E-state index contributed by atoms with van der Waals surface area (Å²) in [6.07, 6.45) is 1.23. The summed E-state index contributed by atoms with van der Waals surface area (Å²) in [5.41, 5.74) is 2.02. The van der Waals surface area contributed by atoms with Crippen LogP contribution < -0.4 is 10.2 Å². The summed E-state index contributed by atoms with van der Waals surface area (Å²) in [6, 6.07) is 4.99. The predicted octanol–water partition coefficient (Wildman–Crippen LogP) is 1.27. The Kier molecular flexibility index (Phi) is 4.16. The molecular formula is C14H18N2O3. The Balaban J connectivity index is 2.13. The molecule has 0 bridgehead atoms. The minimum Gasteiger partial charge on any atom is -0.478 e. The summed E-state index contributed by atoms with van der Waals surface area (Å²) >= 11 is 0. The molecule has 5 heteroatoms. The van der Waals surface area contributed by atoms with Crippen LogP contribution in [0.2, 0.25) is 0 Å². The molecule has 102 valence electrons. The second kappa shape index (κ2) is 5.84. The number of anilines is 1. The van der Waals surface area contributed by atoms with Crippen molar-refractivity contribution in [2.75, 3.05) is 24.5 Å². The molecule has 1 aromatic rings. The number of nitrogens with zero attached hydrogens (tertiary/aromatic N) is 1. The standard InChI is InChI=1S/C14H18N2O3/c1-2-15-7-5-13(17)16-8-6-10-3-4-11(14(18)19)9-12(10)16/h3-4,9,15H,2,5-8H2,1H3,(H,18,19). The molecule has 0 aromatic heterocycles. The van der Waals surface area contributed by atoms with Crippen LogP contribution in [0.5, 0.6) is 0 Å². The van der Waals surface area contributed by atoms with Gasteiger partial charge in [0.05, 0.1) is 5.56 Å². The quantitative estimate of drug-likeness (QED) is 0.784. The number of carbonyl (C=O) groups is 2. The lowest BCUT2D eigenvalue weighted by Crippen LogP contribution is -2.31. The highest BCUT2D eigenvalue weighted by atomic mass is 16.4. The maximum Gasteiger partial charge on any atom is 0.335 e. The molecule has 1 aliphatic rings. The normalized spacial score (nSPS) is 13.4. The summed E-state index contributed by atoms with van der Waals surface area (Å²) < 4.78 is 0. The minimum absolute atomic E-state index is 0.0437. The van der Waals surface area contributed by atoms with Crippen LogP contribution >= 0.6 is 0 Å². The summed E-state index contributed by atoms with van der Waals surface area (Å²) in [6.45, 7) is 4.13. The van der Waals surface area contributed by atoms with E-state index in [1.54, 1.807) is 23.1 Å². The zero-order valence-corrected chi connectivity index (χ0v) is 11.0. The highest BCUT2D eigenvalue weighted by Crippen LogP contribution is 2.29. The van der Waals surface area contributed by atoms with Gasteiger partial charge in [0.1, 0.15) is 0 Å². The van der Waals surface area contributed by atoms with Gasteiger partial charge in [0.2, 0.25) is 5.91 Å². The van der Waals surface area contributed by atoms with E-state index in [-0.39, 0.29) is 11.5 Å². The predicted molar refractivity (Wildman–Crippen MR) is 72.6 cm³/mol. The third-order valence-electron chi connectivity index (χ3n) is 3.29. The first-order chi connectivity index (χ1) is 9.13. The second-order valence-corrected chi connectivity index (χ2v) is 4.55. The zero-order chi connectivity index (χ0) is 13.8. The molecule has 0 atom stereocenters. The second-order valence-electron chi connectivity index (χ2n) is 4.55. The van der Waals surface area contributed by atoms with E-state index >= 15 is 0 Å². The lowest BCUT2D eigenvalue weighted by molar-refractivity contribution is -0.118. The largest absolute Gasteiger partial charge is 0.478 e. The van der Waals surface area contributed by atoms with Crippen LogP contribution in [0, 0.1) is 0 Å². The van der Waals surface area contributed by atoms with Crippen LogP contribution in [-0.2, 0) is 11.2 Å². The van der Waals surface area contributed by atoms with Crippen molar-refractivity contribution in [2.24, 2.45) is 0 Å². The molecule has 1 heterocycles. The molecule has 0 spiro atoms. The van der Waals surface area contributed by atoms with Gasteiger partial charge in [-0.15, -0.1) is 0 Å². The molecule has 1 aromatic carbocycles. The van der Waals surface area contributed by atoms with E-state index in [4.69, 9.17) is 5.11 Å². The molecule has 0 unspecified atom stereocenters. The topological polar surface area (TPSA) is 69.6 Å². The molecule has 0 fully saturated rings. The van der Waals surface area contributed by atoms with Crippen molar-refractivity contribution >= 4 is 17.6 Å². The van der Waals surface area contributed by atoms with E-state index in [1.165, 1.54) is 0 Å². The van der Waals surface area contributed by atoms with Gasteiger partial charge < -0.3 is 15.3 Å². The summed E-state index contributed by atoms with van der Waals surface area (Å²) in [5.74, 6) is -0.919. The molecule has 0 radical (unpaired) electrons. The van der Waals surface area contributed by atoms with Gasteiger partial charge in [-0.25, -0.2) is 4.79 Å². The van der Waals surface area contributed by atoms with Gasteiger partial charge >= 0.3 is 5.97 Å². The number of hydrogen-bond donors (Lipinski definition) is 2. The molecule has 1 amide bonds. The molecule has 19 heavy (non-hydrogen) atoms. The number of rotatable bonds is 5. The molecule has 0 saturated carbocycles. The number of carbonyl (C=O) groups excluding carboxylic acids is 1. The first-order valence-corrected chi connectivity index (χ1v) is 6.50. The third-order valence-corrected chi connectivity index (χ3v) is 3.29. The lowest BCUT2D eigenvalue weighted by atomic mass is 10.1. The van der Waals surface area contributed by atoms with Gasteiger partial charge in [0.15, 0.2) is 0 Å². The van der Waals surface area contributed by atoms with E-state index in [9.17, 15) is 9.59 Å². The Labute approximate surface area is 112 Å². The molecule has 2 rings (SSSR count). The van der Waals surface area contributed by atoms with Crippen molar-refractivity contribution in [1.82, 2.24) is 5.32 Å². The number of carboxylic acids is 1. The fourth-order valence-electron chi connectivity index (χ4n) is 2.28. The first kappa shape index (κ1) is 13.5. The van der Waals surface area contributed by atoms with Crippen LogP contribution in [0.3, 0.4) is 0 Å². The average molecular weight is 262 g/mol.